The minimum Gasteiger partial charge on any atom is -0.389 e. The van der Waals surface area contributed by atoms with Crippen molar-refractivity contribution in [1.29, 1.82) is 0 Å². The highest BCUT2D eigenvalue weighted by atomic mass is 35.5. The minimum atomic E-state index is -0.806. The number of hydrogen-bond donors (Lipinski definition) is 1. The fraction of sp³-hybridized carbons (Fsp3) is 0.400. The van der Waals surface area contributed by atoms with Gasteiger partial charge in [0.05, 0.1) is 30.8 Å². The van der Waals surface area contributed by atoms with Crippen LogP contribution in [0, 0.1) is 24.0 Å². The Hall–Kier alpha value is -1.96. The van der Waals surface area contributed by atoms with Gasteiger partial charge < -0.3 is 9.84 Å². The Bertz CT molecular complexity index is 685. The fourth-order valence-electron chi connectivity index (χ4n) is 2.28. The Labute approximate surface area is 138 Å². The highest BCUT2D eigenvalue weighted by Gasteiger charge is 2.22. The molecule has 0 saturated heterocycles. The van der Waals surface area contributed by atoms with Crippen LogP contribution in [0.4, 0.5) is 5.69 Å². The van der Waals surface area contributed by atoms with Gasteiger partial charge in [-0.25, -0.2) is 0 Å². The molecule has 8 heteroatoms. The third-order valence-electron chi connectivity index (χ3n) is 3.40. The van der Waals surface area contributed by atoms with Gasteiger partial charge in [-0.3, -0.25) is 14.8 Å². The van der Waals surface area contributed by atoms with Crippen LogP contribution < -0.4 is 0 Å². The molecular weight excluding hydrogens is 322 g/mol. The molecule has 0 fully saturated rings. The molecule has 23 heavy (non-hydrogen) atoms. The summed E-state index contributed by atoms with van der Waals surface area (Å²) in [4.78, 5) is 10.5. The lowest BCUT2D eigenvalue weighted by molar-refractivity contribution is -0.386. The van der Waals surface area contributed by atoms with Gasteiger partial charge in [-0.1, -0.05) is 23.7 Å². The topological polar surface area (TPSA) is 90.4 Å². The normalized spacial score (nSPS) is 12.3. The number of aryl methyl sites for hydroxylation is 1. The van der Waals surface area contributed by atoms with Crippen molar-refractivity contribution in [3.05, 3.63) is 56.4 Å². The molecule has 1 N–H and O–H groups in total. The lowest BCUT2D eigenvalue weighted by Crippen LogP contribution is -2.23. The van der Waals surface area contributed by atoms with Crippen molar-refractivity contribution < 1.29 is 14.8 Å². The highest BCUT2D eigenvalue weighted by molar-refractivity contribution is 6.30. The monoisotopic (exact) mass is 339 g/mol. The predicted octanol–water partition coefficient (Wildman–Crippen LogP) is 2.64. The van der Waals surface area contributed by atoms with Crippen molar-refractivity contribution in [3.8, 4) is 0 Å². The SMILES string of the molecule is Cc1nn(CC(O)COCc2ccc(Cl)cc2)c(C)c1[N+](=O)[O-]. The number of nitro groups is 1. The maximum atomic E-state index is 11.0. The van der Waals surface area contributed by atoms with Gasteiger partial charge in [0.1, 0.15) is 11.4 Å². The predicted molar refractivity (Wildman–Crippen MR) is 85.5 cm³/mol. The van der Waals surface area contributed by atoms with E-state index >= 15 is 0 Å². The summed E-state index contributed by atoms with van der Waals surface area (Å²) in [5.41, 5.74) is 1.69. The quantitative estimate of drug-likeness (QED) is 0.618. The second kappa shape index (κ2) is 7.54. The molecule has 0 saturated carbocycles. The van der Waals surface area contributed by atoms with E-state index in [-0.39, 0.29) is 18.8 Å². The molecule has 0 radical (unpaired) electrons. The summed E-state index contributed by atoms with van der Waals surface area (Å²) in [6, 6.07) is 7.23. The van der Waals surface area contributed by atoms with Gasteiger partial charge in [0.25, 0.3) is 0 Å². The van der Waals surface area contributed by atoms with Crippen LogP contribution in [0.25, 0.3) is 0 Å². The van der Waals surface area contributed by atoms with Crippen molar-refractivity contribution in [2.24, 2.45) is 0 Å². The van der Waals surface area contributed by atoms with Crippen molar-refractivity contribution in [1.82, 2.24) is 9.78 Å². The molecular formula is C15H18ClN3O4. The van der Waals surface area contributed by atoms with Crippen molar-refractivity contribution >= 4 is 17.3 Å². The molecule has 0 bridgehead atoms. The second-order valence-electron chi connectivity index (χ2n) is 5.25. The average Bonchev–Trinajstić information content (AvgIpc) is 2.75. The summed E-state index contributed by atoms with van der Waals surface area (Å²) >= 11 is 5.80. The number of aliphatic hydroxyl groups is 1. The van der Waals surface area contributed by atoms with Crippen LogP contribution in [0.5, 0.6) is 0 Å². The number of aliphatic hydroxyl groups excluding tert-OH is 1. The third-order valence-corrected chi connectivity index (χ3v) is 3.65. The highest BCUT2D eigenvalue weighted by Crippen LogP contribution is 2.21. The van der Waals surface area contributed by atoms with Gasteiger partial charge in [0, 0.05) is 5.02 Å². The Balaban J connectivity index is 1.87. The Morgan fingerprint density at radius 3 is 2.61 bits per heavy atom. The van der Waals surface area contributed by atoms with Gasteiger partial charge in [-0.2, -0.15) is 5.10 Å². The van der Waals surface area contributed by atoms with Crippen molar-refractivity contribution in [2.75, 3.05) is 6.61 Å². The van der Waals surface area contributed by atoms with E-state index in [0.717, 1.165) is 5.56 Å². The van der Waals surface area contributed by atoms with E-state index in [1.807, 2.05) is 12.1 Å². The molecule has 0 aliphatic carbocycles. The zero-order valence-corrected chi connectivity index (χ0v) is 13.7. The van der Waals surface area contributed by atoms with Crippen molar-refractivity contribution in [3.63, 3.8) is 0 Å². The maximum Gasteiger partial charge on any atom is 0.312 e. The second-order valence-corrected chi connectivity index (χ2v) is 5.69. The summed E-state index contributed by atoms with van der Waals surface area (Å²) in [5.74, 6) is 0. The summed E-state index contributed by atoms with van der Waals surface area (Å²) in [6.45, 7) is 3.78. The van der Waals surface area contributed by atoms with Crippen LogP contribution in [-0.4, -0.2) is 32.5 Å². The van der Waals surface area contributed by atoms with E-state index in [9.17, 15) is 15.2 Å². The molecule has 0 amide bonds. The number of rotatable bonds is 7. The summed E-state index contributed by atoms with van der Waals surface area (Å²) in [7, 11) is 0. The maximum absolute atomic E-state index is 11.0. The van der Waals surface area contributed by atoms with E-state index in [2.05, 4.69) is 5.10 Å². The molecule has 1 heterocycles. The van der Waals surface area contributed by atoms with Crippen molar-refractivity contribution in [2.45, 2.75) is 33.1 Å². The number of aromatic nitrogens is 2. The van der Waals surface area contributed by atoms with E-state index in [4.69, 9.17) is 16.3 Å². The lowest BCUT2D eigenvalue weighted by Gasteiger charge is -2.12. The Morgan fingerprint density at radius 2 is 2.04 bits per heavy atom. The van der Waals surface area contributed by atoms with Gasteiger partial charge in [0.15, 0.2) is 0 Å². The molecule has 1 unspecified atom stereocenters. The molecule has 1 aromatic carbocycles. The van der Waals surface area contributed by atoms with E-state index in [1.165, 1.54) is 4.68 Å². The molecule has 0 aliphatic rings. The summed E-state index contributed by atoms with van der Waals surface area (Å²) in [6.07, 6.45) is -0.806. The Kier molecular flexibility index (Phi) is 5.70. The number of nitrogens with zero attached hydrogens (tertiary/aromatic N) is 3. The largest absolute Gasteiger partial charge is 0.389 e. The van der Waals surface area contributed by atoms with E-state index in [1.54, 1.807) is 26.0 Å². The van der Waals surface area contributed by atoms with Crippen LogP contribution in [0.1, 0.15) is 17.0 Å². The molecule has 1 atom stereocenters. The molecule has 2 rings (SSSR count). The average molecular weight is 340 g/mol. The molecule has 1 aromatic heterocycles. The summed E-state index contributed by atoms with van der Waals surface area (Å²) < 4.78 is 6.88. The van der Waals surface area contributed by atoms with Crippen LogP contribution >= 0.6 is 11.6 Å². The van der Waals surface area contributed by atoms with Crippen LogP contribution in [0.3, 0.4) is 0 Å². The van der Waals surface area contributed by atoms with Crippen LogP contribution in [0.2, 0.25) is 5.02 Å². The molecule has 0 spiro atoms. The molecule has 124 valence electrons. The van der Waals surface area contributed by atoms with E-state index in [0.29, 0.717) is 23.0 Å². The lowest BCUT2D eigenvalue weighted by atomic mass is 10.2. The summed E-state index contributed by atoms with van der Waals surface area (Å²) in [5, 5.41) is 25.7. The number of hydrogen-bond acceptors (Lipinski definition) is 5. The third kappa shape index (κ3) is 4.51. The zero-order chi connectivity index (χ0) is 17.0. The first-order valence-corrected chi connectivity index (χ1v) is 7.45. The zero-order valence-electron chi connectivity index (χ0n) is 12.9. The van der Waals surface area contributed by atoms with Gasteiger partial charge in [-0.15, -0.1) is 0 Å². The number of halogens is 1. The van der Waals surface area contributed by atoms with Crippen LogP contribution in [-0.2, 0) is 17.9 Å². The molecule has 7 nitrogen and oxygen atoms in total. The first kappa shape index (κ1) is 17.4. The Morgan fingerprint density at radius 1 is 1.39 bits per heavy atom. The smallest absolute Gasteiger partial charge is 0.312 e. The first-order valence-electron chi connectivity index (χ1n) is 7.07. The standard InChI is InChI=1S/C15H18ClN3O4/c1-10-15(19(21)22)11(2)18(17-10)7-14(20)9-23-8-12-3-5-13(16)6-4-12/h3-6,14,20H,7-9H2,1-2H3. The van der Waals surface area contributed by atoms with Gasteiger partial charge >= 0.3 is 5.69 Å². The number of benzene rings is 1. The molecule has 0 aliphatic heterocycles. The minimum absolute atomic E-state index is 0.0146. The molecule has 2 aromatic rings. The van der Waals surface area contributed by atoms with Crippen LogP contribution in [0.15, 0.2) is 24.3 Å². The van der Waals surface area contributed by atoms with E-state index < -0.39 is 11.0 Å². The fourth-order valence-corrected chi connectivity index (χ4v) is 2.40. The van der Waals surface area contributed by atoms with Gasteiger partial charge in [-0.05, 0) is 31.5 Å². The first-order chi connectivity index (χ1) is 10.9. The van der Waals surface area contributed by atoms with Gasteiger partial charge in [0.2, 0.25) is 0 Å². The number of ether oxygens (including phenoxy) is 1.